The van der Waals surface area contributed by atoms with Gasteiger partial charge in [0.1, 0.15) is 5.01 Å². The Hall–Kier alpha value is -0.980. The number of hydrogen-bond acceptors (Lipinski definition) is 6. The van der Waals surface area contributed by atoms with Crippen LogP contribution in [0, 0.1) is 0 Å². The molecule has 3 rings (SSSR count). The topological polar surface area (TPSA) is 41.1 Å². The fourth-order valence-corrected chi connectivity index (χ4v) is 3.62. The first-order valence-corrected chi connectivity index (χ1v) is 8.92. The maximum absolute atomic E-state index is 4.32. The van der Waals surface area contributed by atoms with Crippen molar-refractivity contribution < 1.29 is 0 Å². The number of hydrogen-bond donors (Lipinski definition) is 1. The highest BCUT2D eigenvalue weighted by molar-refractivity contribution is 7.15. The van der Waals surface area contributed by atoms with Gasteiger partial charge in [-0.1, -0.05) is 18.3 Å². The van der Waals surface area contributed by atoms with Crippen molar-refractivity contribution >= 4 is 27.8 Å². The zero-order chi connectivity index (χ0) is 13.8. The van der Waals surface area contributed by atoms with E-state index in [1.54, 1.807) is 22.7 Å². The molecule has 0 aliphatic heterocycles. The van der Waals surface area contributed by atoms with E-state index in [0.29, 0.717) is 0 Å². The lowest BCUT2D eigenvalue weighted by molar-refractivity contribution is 0.245. The van der Waals surface area contributed by atoms with E-state index in [9.17, 15) is 0 Å². The van der Waals surface area contributed by atoms with Crippen LogP contribution in [0.4, 0.5) is 5.13 Å². The van der Waals surface area contributed by atoms with Crippen molar-refractivity contribution in [2.45, 2.75) is 45.3 Å². The molecule has 0 atom stereocenters. The number of anilines is 1. The Morgan fingerprint density at radius 3 is 2.95 bits per heavy atom. The van der Waals surface area contributed by atoms with E-state index in [4.69, 9.17) is 0 Å². The molecule has 1 aliphatic carbocycles. The zero-order valence-electron chi connectivity index (χ0n) is 11.7. The second-order valence-electron chi connectivity index (χ2n) is 5.20. The van der Waals surface area contributed by atoms with Crippen LogP contribution in [-0.2, 0) is 13.1 Å². The molecule has 2 heterocycles. The quantitative estimate of drug-likeness (QED) is 0.809. The number of thiophene rings is 1. The minimum Gasteiger partial charge on any atom is -0.360 e. The third-order valence-electron chi connectivity index (χ3n) is 3.36. The Bertz CT molecular complexity index is 519. The molecule has 2 aromatic rings. The van der Waals surface area contributed by atoms with Gasteiger partial charge in [0.25, 0.3) is 0 Å². The summed E-state index contributed by atoms with van der Waals surface area (Å²) in [6.45, 7) is 5.08. The SMILES string of the molecule is CCCNc1nnc(CN(Cc2ccsc2)C2CC2)s1. The van der Waals surface area contributed by atoms with Crippen molar-refractivity contribution in [3.05, 3.63) is 27.4 Å². The third kappa shape index (κ3) is 3.77. The van der Waals surface area contributed by atoms with E-state index in [1.807, 2.05) is 0 Å². The summed E-state index contributed by atoms with van der Waals surface area (Å²) in [5, 5.41) is 18.3. The monoisotopic (exact) mass is 308 g/mol. The molecule has 0 radical (unpaired) electrons. The average molecular weight is 308 g/mol. The van der Waals surface area contributed by atoms with Crippen LogP contribution in [0.5, 0.6) is 0 Å². The lowest BCUT2D eigenvalue weighted by Gasteiger charge is -2.19. The average Bonchev–Trinajstić information content (AvgIpc) is 3.00. The third-order valence-corrected chi connectivity index (χ3v) is 4.96. The van der Waals surface area contributed by atoms with Gasteiger partial charge in [-0.15, -0.1) is 10.2 Å². The van der Waals surface area contributed by atoms with Crippen LogP contribution in [0.1, 0.15) is 36.8 Å². The van der Waals surface area contributed by atoms with E-state index < -0.39 is 0 Å². The van der Waals surface area contributed by atoms with Gasteiger partial charge in [-0.3, -0.25) is 4.90 Å². The fraction of sp³-hybridized carbons (Fsp3) is 0.571. The number of aromatic nitrogens is 2. The highest BCUT2D eigenvalue weighted by atomic mass is 32.1. The maximum atomic E-state index is 4.32. The largest absolute Gasteiger partial charge is 0.360 e. The van der Waals surface area contributed by atoms with Crippen molar-refractivity contribution in [2.24, 2.45) is 0 Å². The molecule has 0 unspecified atom stereocenters. The molecule has 4 nitrogen and oxygen atoms in total. The second kappa shape index (κ2) is 6.65. The summed E-state index contributed by atoms with van der Waals surface area (Å²) >= 11 is 3.46. The van der Waals surface area contributed by atoms with E-state index in [0.717, 1.165) is 42.2 Å². The van der Waals surface area contributed by atoms with Gasteiger partial charge in [0, 0.05) is 19.1 Å². The van der Waals surface area contributed by atoms with Crippen LogP contribution in [0.25, 0.3) is 0 Å². The smallest absolute Gasteiger partial charge is 0.205 e. The highest BCUT2D eigenvalue weighted by Crippen LogP contribution is 2.31. The Morgan fingerprint density at radius 2 is 2.25 bits per heavy atom. The van der Waals surface area contributed by atoms with Crippen LogP contribution < -0.4 is 5.32 Å². The summed E-state index contributed by atoms with van der Waals surface area (Å²) in [5.41, 5.74) is 1.41. The Morgan fingerprint density at radius 1 is 1.35 bits per heavy atom. The summed E-state index contributed by atoms with van der Waals surface area (Å²) in [5.74, 6) is 0. The summed E-state index contributed by atoms with van der Waals surface area (Å²) < 4.78 is 0. The molecule has 0 spiro atoms. The molecule has 1 aliphatic rings. The molecular formula is C14H20N4S2. The maximum Gasteiger partial charge on any atom is 0.205 e. The number of rotatable bonds is 8. The zero-order valence-corrected chi connectivity index (χ0v) is 13.3. The molecule has 0 bridgehead atoms. The van der Waals surface area contributed by atoms with Gasteiger partial charge >= 0.3 is 0 Å². The number of nitrogens with one attached hydrogen (secondary N) is 1. The lowest BCUT2D eigenvalue weighted by atomic mass is 10.3. The van der Waals surface area contributed by atoms with Gasteiger partial charge in [-0.2, -0.15) is 11.3 Å². The van der Waals surface area contributed by atoms with E-state index >= 15 is 0 Å². The molecule has 2 aromatic heterocycles. The van der Waals surface area contributed by atoms with Gasteiger partial charge in [0.05, 0.1) is 6.54 Å². The van der Waals surface area contributed by atoms with Crippen molar-refractivity contribution in [3.8, 4) is 0 Å². The van der Waals surface area contributed by atoms with Gasteiger partial charge in [0.2, 0.25) is 5.13 Å². The summed E-state index contributed by atoms with van der Waals surface area (Å²) in [6, 6.07) is 2.96. The molecule has 0 amide bonds. The first-order chi connectivity index (χ1) is 9.85. The molecule has 0 saturated heterocycles. The van der Waals surface area contributed by atoms with Crippen LogP contribution in [0.2, 0.25) is 0 Å². The lowest BCUT2D eigenvalue weighted by Crippen LogP contribution is -2.24. The number of nitrogens with zero attached hydrogens (tertiary/aromatic N) is 3. The van der Waals surface area contributed by atoms with E-state index in [1.165, 1.54) is 18.4 Å². The van der Waals surface area contributed by atoms with Gasteiger partial charge < -0.3 is 5.32 Å². The Kier molecular flexibility index (Phi) is 4.65. The second-order valence-corrected chi connectivity index (χ2v) is 7.04. The molecule has 0 aromatic carbocycles. The normalized spacial score (nSPS) is 14.9. The van der Waals surface area contributed by atoms with E-state index in [-0.39, 0.29) is 0 Å². The predicted octanol–water partition coefficient (Wildman–Crippen LogP) is 3.59. The first kappa shape index (κ1) is 14.0. The standard InChI is InChI=1S/C14H20N4S2/c1-2-6-15-14-17-16-13(20-14)9-18(12-3-4-12)8-11-5-7-19-10-11/h5,7,10,12H,2-4,6,8-9H2,1H3,(H,15,17). The molecule has 1 saturated carbocycles. The summed E-state index contributed by atoms with van der Waals surface area (Å²) in [7, 11) is 0. The molecule has 1 N–H and O–H groups in total. The fourth-order valence-electron chi connectivity index (χ4n) is 2.17. The van der Waals surface area contributed by atoms with E-state index in [2.05, 4.69) is 44.2 Å². The minimum absolute atomic E-state index is 0.742. The van der Waals surface area contributed by atoms with Crippen LogP contribution in [0.15, 0.2) is 16.8 Å². The summed E-state index contributed by atoms with van der Waals surface area (Å²) in [4.78, 5) is 2.53. The van der Waals surface area contributed by atoms with Crippen molar-refractivity contribution in [1.82, 2.24) is 15.1 Å². The molecule has 20 heavy (non-hydrogen) atoms. The molecule has 108 valence electrons. The Balaban J connectivity index is 1.59. The molecular weight excluding hydrogens is 288 g/mol. The minimum atomic E-state index is 0.742. The van der Waals surface area contributed by atoms with Crippen LogP contribution in [0.3, 0.4) is 0 Å². The molecule has 6 heteroatoms. The molecule has 1 fully saturated rings. The van der Waals surface area contributed by atoms with Gasteiger partial charge in [-0.25, -0.2) is 0 Å². The van der Waals surface area contributed by atoms with Gasteiger partial charge in [-0.05, 0) is 41.7 Å². The van der Waals surface area contributed by atoms with Crippen LogP contribution in [-0.4, -0.2) is 27.7 Å². The Labute approximate surface area is 127 Å². The van der Waals surface area contributed by atoms with Gasteiger partial charge in [0.15, 0.2) is 0 Å². The van der Waals surface area contributed by atoms with Crippen molar-refractivity contribution in [2.75, 3.05) is 11.9 Å². The predicted molar refractivity (Wildman–Crippen MR) is 85.3 cm³/mol. The van der Waals surface area contributed by atoms with Crippen LogP contribution >= 0.6 is 22.7 Å². The van der Waals surface area contributed by atoms with Crippen molar-refractivity contribution in [1.29, 1.82) is 0 Å². The van der Waals surface area contributed by atoms with Crippen molar-refractivity contribution in [3.63, 3.8) is 0 Å². The first-order valence-electron chi connectivity index (χ1n) is 7.16. The highest BCUT2D eigenvalue weighted by Gasteiger charge is 2.29. The summed E-state index contributed by atoms with van der Waals surface area (Å²) in [6.07, 6.45) is 3.76.